The lowest BCUT2D eigenvalue weighted by molar-refractivity contribution is -0.137. The molecule has 7 atom stereocenters. The van der Waals surface area contributed by atoms with Crippen LogP contribution in [-0.4, -0.2) is 102 Å². The number of nitrogens with zero attached hydrogens (tertiary/aromatic N) is 6. The van der Waals surface area contributed by atoms with Crippen LogP contribution in [0.15, 0.2) is 55.0 Å². The molecule has 1 aliphatic carbocycles. The van der Waals surface area contributed by atoms with Crippen molar-refractivity contribution in [2.75, 3.05) is 20.8 Å². The van der Waals surface area contributed by atoms with Crippen molar-refractivity contribution in [1.29, 1.82) is 0 Å². The van der Waals surface area contributed by atoms with Gasteiger partial charge in [-0.1, -0.05) is 60.5 Å². The fourth-order valence-electron chi connectivity index (χ4n) is 11.5. The Morgan fingerprint density at radius 3 is 2.12 bits per heavy atom. The predicted octanol–water partition coefficient (Wildman–Crippen LogP) is 10.2. The summed E-state index contributed by atoms with van der Waals surface area (Å²) in [7, 11) is 2.56. The van der Waals surface area contributed by atoms with Crippen molar-refractivity contribution in [3.05, 3.63) is 82.3 Å². The van der Waals surface area contributed by atoms with Gasteiger partial charge < -0.3 is 44.6 Å². The Morgan fingerprint density at radius 2 is 1.47 bits per heavy atom. The second-order valence-corrected chi connectivity index (χ2v) is 22.4. The van der Waals surface area contributed by atoms with Gasteiger partial charge in [0.25, 0.3) is 0 Å². The van der Waals surface area contributed by atoms with Crippen molar-refractivity contribution in [3.8, 4) is 39.5 Å². The molecule has 0 radical (unpaired) electrons. The second-order valence-electron chi connectivity index (χ2n) is 21.3. The molecule has 2 aromatic carbocycles. The first-order chi connectivity index (χ1) is 35.0. The van der Waals surface area contributed by atoms with Gasteiger partial charge in [0.2, 0.25) is 18.0 Å². The molecule has 4 N–H and O–H groups in total. The largest absolute Gasteiger partial charge is 0.464 e. The number of nitrogens with one attached hydrogen (secondary N) is 4. The van der Waals surface area contributed by atoms with Crippen LogP contribution in [0.5, 0.6) is 5.75 Å². The smallest absolute Gasteiger partial charge is 0.407 e. The van der Waals surface area contributed by atoms with E-state index in [4.69, 9.17) is 29.2 Å². The van der Waals surface area contributed by atoms with Gasteiger partial charge in [0.1, 0.15) is 35.3 Å². The Morgan fingerprint density at radius 1 is 0.822 bits per heavy atom. The highest BCUT2D eigenvalue weighted by molar-refractivity contribution is 7.11. The van der Waals surface area contributed by atoms with E-state index in [1.807, 2.05) is 70.0 Å². The molecule has 7 heterocycles. The van der Waals surface area contributed by atoms with Crippen LogP contribution in [0.1, 0.15) is 133 Å². The molecule has 2 saturated heterocycles. The highest BCUT2D eigenvalue weighted by Gasteiger charge is 2.45. The summed E-state index contributed by atoms with van der Waals surface area (Å²) in [5.74, 6) is 0.547. The van der Waals surface area contributed by atoms with Crippen molar-refractivity contribution in [1.82, 2.24) is 49.9 Å². The number of thiazole rings is 1. The Balaban J connectivity index is 0.991. The minimum absolute atomic E-state index is 0.0193. The molecule has 1 saturated carbocycles. The number of H-pyrrole nitrogens is 2. The zero-order valence-electron chi connectivity index (χ0n) is 42.9. The number of aromatic amines is 2. The molecule has 73 heavy (non-hydrogen) atoms. The number of amides is 4. The highest BCUT2D eigenvalue weighted by Crippen LogP contribution is 2.50. The number of methoxy groups -OCH3 is 2. The van der Waals surface area contributed by atoms with E-state index in [0.717, 1.165) is 64.1 Å². The summed E-state index contributed by atoms with van der Waals surface area (Å²) in [4.78, 5) is 78.6. The van der Waals surface area contributed by atoms with E-state index in [1.54, 1.807) is 28.6 Å². The molecule has 386 valence electrons. The first kappa shape index (κ1) is 49.8. The summed E-state index contributed by atoms with van der Waals surface area (Å²) < 4.78 is 35.8. The summed E-state index contributed by atoms with van der Waals surface area (Å²) >= 11 is 1.65. The molecule has 10 rings (SSSR count). The summed E-state index contributed by atoms with van der Waals surface area (Å²) in [6.45, 7) is 14.5. The fraction of sp³-hybridized carbons (Fsp3) is 0.500. The van der Waals surface area contributed by atoms with Gasteiger partial charge in [-0.05, 0) is 87.1 Å². The van der Waals surface area contributed by atoms with Crippen molar-refractivity contribution in [3.63, 3.8) is 0 Å². The summed E-state index contributed by atoms with van der Waals surface area (Å²) in [6, 6.07) is 9.10. The number of rotatable bonds is 12. The molecular formula is C54H65FN10O7S. The maximum Gasteiger partial charge on any atom is 0.407 e. The predicted molar refractivity (Wildman–Crippen MR) is 274 cm³/mol. The number of carbonyl (C=O) groups is 4. The van der Waals surface area contributed by atoms with Crippen molar-refractivity contribution in [2.24, 2.45) is 17.8 Å². The average molecular weight is 1020 g/mol. The van der Waals surface area contributed by atoms with Crippen LogP contribution in [-0.2, 0) is 24.5 Å². The van der Waals surface area contributed by atoms with E-state index in [-0.39, 0.29) is 53.1 Å². The van der Waals surface area contributed by atoms with E-state index >= 15 is 4.39 Å². The van der Waals surface area contributed by atoms with E-state index in [9.17, 15) is 19.2 Å². The lowest BCUT2D eigenvalue weighted by atomic mass is 9.90. The van der Waals surface area contributed by atoms with Crippen LogP contribution in [0.4, 0.5) is 14.0 Å². The molecule has 3 aliphatic heterocycles. The standard InChI is InChI=1S/C54H65FN10O7S/c1-27(2)44(61-52(68)70-8)48(66)63-18-12-13-38(63)46-56-25-36(60-46)32-21-34(55)43-39-22-33-20-31(14-15-37(33)65(39)50(72-41(43)23-32)42-26-58-51(73-42)54(7)16-10-11-17-54)35-24-57-47(59-35)40-19-29(5)30(6)64(40)49(67)45(28(3)4)62-53(69)71-9/h14-15,20-30,38,40,44-45,50H,10-13,16-19H2,1-9H3,(H,56,60)(H,57,59)(H,61,68)(H,62,69)/t29-,30?,38+,40+,44+,45+,50?/m1/s1. The molecule has 3 fully saturated rings. The molecule has 0 spiro atoms. The number of ether oxygens (including phenoxy) is 3. The number of hydrogen-bond donors (Lipinski definition) is 4. The number of aromatic nitrogens is 6. The molecule has 19 heteroatoms. The maximum absolute atomic E-state index is 17.1. The molecule has 2 unspecified atom stereocenters. The minimum atomic E-state index is -0.777. The highest BCUT2D eigenvalue weighted by atomic mass is 32.1. The Bertz CT molecular complexity index is 3080. The third kappa shape index (κ3) is 9.00. The zero-order chi connectivity index (χ0) is 51.6. The Labute approximate surface area is 428 Å². The normalized spacial score (nSPS) is 22.1. The third-order valence-electron chi connectivity index (χ3n) is 15.8. The van der Waals surface area contributed by atoms with Crippen molar-refractivity contribution >= 4 is 46.2 Å². The number of halogens is 1. The zero-order valence-corrected chi connectivity index (χ0v) is 43.7. The van der Waals surface area contributed by atoms with Crippen LogP contribution in [0, 0.1) is 23.6 Å². The van der Waals surface area contributed by atoms with Crippen LogP contribution < -0.4 is 15.4 Å². The Kier molecular flexibility index (Phi) is 13.4. The quantitative estimate of drug-likeness (QED) is 0.0914. The maximum atomic E-state index is 17.1. The summed E-state index contributed by atoms with van der Waals surface area (Å²) in [5, 5.41) is 7.38. The van der Waals surface area contributed by atoms with E-state index < -0.39 is 36.3 Å². The van der Waals surface area contributed by atoms with E-state index in [0.29, 0.717) is 59.3 Å². The molecule has 4 amide bonds. The van der Waals surface area contributed by atoms with Gasteiger partial charge in [-0.15, -0.1) is 11.3 Å². The van der Waals surface area contributed by atoms with Gasteiger partial charge in [-0.3, -0.25) is 14.2 Å². The molecule has 0 bridgehead atoms. The second kappa shape index (κ2) is 19.6. The molecule has 4 aliphatic rings. The number of likely N-dealkylation sites (tertiary alicyclic amines) is 2. The van der Waals surface area contributed by atoms with Crippen LogP contribution >= 0.6 is 11.3 Å². The van der Waals surface area contributed by atoms with Crippen LogP contribution in [0.3, 0.4) is 0 Å². The van der Waals surface area contributed by atoms with Gasteiger partial charge >= 0.3 is 12.2 Å². The number of imidazole rings is 2. The summed E-state index contributed by atoms with van der Waals surface area (Å²) in [6.07, 6.45) is 9.94. The molecule has 6 aromatic rings. The first-order valence-electron chi connectivity index (χ1n) is 25.5. The summed E-state index contributed by atoms with van der Waals surface area (Å²) in [5.41, 5.74) is 4.54. The average Bonchev–Trinajstić information content (AvgIpc) is 4.24. The van der Waals surface area contributed by atoms with Crippen LogP contribution in [0.2, 0.25) is 0 Å². The number of hydrogen-bond acceptors (Lipinski definition) is 11. The number of alkyl carbamates (subject to hydrolysis) is 2. The third-order valence-corrected chi connectivity index (χ3v) is 17.2. The lowest BCUT2D eigenvalue weighted by Gasteiger charge is -2.33. The minimum Gasteiger partial charge on any atom is -0.464 e. The lowest BCUT2D eigenvalue weighted by Crippen LogP contribution is -2.53. The SMILES string of the molecule is COC(=O)N[C@H](C(=O)N1CCC[C@H]1c1ncc(-c2cc(F)c3c(c2)OC(c2cnc(C4(C)CCCC4)s2)n2c-3cc3cc(-c4cnc([C@@H]5C[C@@H](C)C(C)N5C(=O)[C@@H](NC(=O)OC)C(C)C)[nH]4)ccc32)[nH]1)C(C)C. The van der Waals surface area contributed by atoms with Gasteiger partial charge in [0.05, 0.1) is 76.7 Å². The monoisotopic (exact) mass is 1020 g/mol. The van der Waals surface area contributed by atoms with Crippen LogP contribution in [0.25, 0.3) is 44.7 Å². The van der Waals surface area contributed by atoms with Gasteiger partial charge in [-0.25, -0.2) is 28.9 Å². The Hall–Kier alpha value is -6.76. The van der Waals surface area contributed by atoms with Crippen molar-refractivity contribution in [2.45, 2.75) is 135 Å². The van der Waals surface area contributed by atoms with Crippen molar-refractivity contribution < 1.29 is 37.8 Å². The van der Waals surface area contributed by atoms with Gasteiger partial charge in [0.15, 0.2) is 0 Å². The fourth-order valence-corrected chi connectivity index (χ4v) is 12.7. The van der Waals surface area contributed by atoms with Gasteiger partial charge in [0, 0.05) is 40.7 Å². The number of benzene rings is 2. The topological polar surface area (TPSA) is 202 Å². The molecule has 17 nitrogen and oxygen atoms in total. The molecule has 4 aromatic heterocycles. The number of carbonyl (C=O) groups excluding carboxylic acids is 4. The first-order valence-corrected chi connectivity index (χ1v) is 26.3. The van der Waals surface area contributed by atoms with E-state index in [2.05, 4.69) is 45.1 Å². The number of fused-ring (bicyclic) bond motifs is 5. The molecular weight excluding hydrogens is 952 g/mol. The van der Waals surface area contributed by atoms with E-state index in [1.165, 1.54) is 20.3 Å². The van der Waals surface area contributed by atoms with Gasteiger partial charge in [-0.2, -0.15) is 0 Å².